The Hall–Kier alpha value is -3.52. The monoisotopic (exact) mass is 420 g/mol. The molecule has 0 bridgehead atoms. The van der Waals surface area contributed by atoms with Gasteiger partial charge in [0.2, 0.25) is 6.79 Å². The molecule has 31 heavy (non-hydrogen) atoms. The molecule has 2 aliphatic heterocycles. The van der Waals surface area contributed by atoms with Gasteiger partial charge in [-0.05, 0) is 48.0 Å². The maximum absolute atomic E-state index is 12.9. The van der Waals surface area contributed by atoms with E-state index < -0.39 is 0 Å². The summed E-state index contributed by atoms with van der Waals surface area (Å²) < 4.78 is 16.0. The maximum Gasteiger partial charge on any atom is 0.271 e. The topological polar surface area (TPSA) is 79.9 Å². The van der Waals surface area contributed by atoms with Crippen LogP contribution in [-0.4, -0.2) is 66.0 Å². The lowest BCUT2D eigenvalue weighted by Crippen LogP contribution is -2.48. The molecular formula is C23H24N4O4. The maximum atomic E-state index is 12.9. The Morgan fingerprint density at radius 3 is 2.58 bits per heavy atom. The van der Waals surface area contributed by atoms with Crippen LogP contribution in [0.3, 0.4) is 0 Å². The molecule has 1 aromatic heterocycles. The number of ether oxygens (including phenoxy) is 3. The number of aromatic nitrogens is 2. The summed E-state index contributed by atoms with van der Waals surface area (Å²) in [6.07, 6.45) is 0. The second kappa shape index (κ2) is 8.31. The van der Waals surface area contributed by atoms with Crippen molar-refractivity contribution in [2.24, 2.45) is 0 Å². The lowest BCUT2D eigenvalue weighted by molar-refractivity contribution is 0.0622. The smallest absolute Gasteiger partial charge is 0.271 e. The number of carbonyl (C=O) groups excluding carboxylic acids is 1. The first-order valence-corrected chi connectivity index (χ1v) is 10.3. The number of nitrogens with zero attached hydrogens (tertiary/aromatic N) is 3. The van der Waals surface area contributed by atoms with Gasteiger partial charge in [0.1, 0.15) is 11.4 Å². The van der Waals surface area contributed by atoms with Gasteiger partial charge in [0, 0.05) is 38.3 Å². The summed E-state index contributed by atoms with van der Waals surface area (Å²) in [4.78, 5) is 17.1. The Morgan fingerprint density at radius 2 is 1.81 bits per heavy atom. The normalized spacial score (nSPS) is 15.8. The quantitative estimate of drug-likeness (QED) is 0.684. The Balaban J connectivity index is 1.18. The summed E-state index contributed by atoms with van der Waals surface area (Å²) in [5.74, 6) is 2.37. The highest BCUT2D eigenvalue weighted by atomic mass is 16.7. The van der Waals surface area contributed by atoms with Crippen molar-refractivity contribution in [3.05, 3.63) is 59.8 Å². The summed E-state index contributed by atoms with van der Waals surface area (Å²) in [6.45, 7) is 4.11. The highest BCUT2D eigenvalue weighted by Crippen LogP contribution is 2.33. The first-order valence-electron chi connectivity index (χ1n) is 10.3. The van der Waals surface area contributed by atoms with E-state index >= 15 is 0 Å². The first-order chi connectivity index (χ1) is 15.2. The van der Waals surface area contributed by atoms with Gasteiger partial charge in [-0.1, -0.05) is 6.07 Å². The zero-order valence-corrected chi connectivity index (χ0v) is 17.3. The lowest BCUT2D eigenvalue weighted by Gasteiger charge is -2.34. The van der Waals surface area contributed by atoms with Crippen LogP contribution in [0.25, 0.3) is 11.3 Å². The predicted molar refractivity (Wildman–Crippen MR) is 114 cm³/mol. The average molecular weight is 420 g/mol. The second-order valence-corrected chi connectivity index (χ2v) is 7.65. The molecule has 1 amide bonds. The summed E-state index contributed by atoms with van der Waals surface area (Å²) in [5.41, 5.74) is 3.37. The van der Waals surface area contributed by atoms with Crippen LogP contribution in [0.4, 0.5) is 0 Å². The Morgan fingerprint density at radius 1 is 1.03 bits per heavy atom. The predicted octanol–water partition coefficient (Wildman–Crippen LogP) is 2.77. The van der Waals surface area contributed by atoms with E-state index in [9.17, 15) is 4.79 Å². The van der Waals surface area contributed by atoms with Gasteiger partial charge in [-0.15, -0.1) is 0 Å². The number of nitrogens with one attached hydrogen (secondary N) is 1. The van der Waals surface area contributed by atoms with Crippen molar-refractivity contribution in [2.75, 3.05) is 40.1 Å². The molecule has 2 aliphatic rings. The van der Waals surface area contributed by atoms with Gasteiger partial charge >= 0.3 is 0 Å². The van der Waals surface area contributed by atoms with Crippen LogP contribution in [0.15, 0.2) is 48.5 Å². The van der Waals surface area contributed by atoms with Gasteiger partial charge < -0.3 is 19.1 Å². The third kappa shape index (κ3) is 4.06. The Labute approximate surface area is 180 Å². The van der Waals surface area contributed by atoms with Crippen molar-refractivity contribution in [1.29, 1.82) is 0 Å². The number of amides is 1. The van der Waals surface area contributed by atoms with E-state index in [1.165, 1.54) is 5.56 Å². The van der Waals surface area contributed by atoms with E-state index in [0.29, 0.717) is 18.8 Å². The number of fused-ring (bicyclic) bond motifs is 1. The molecule has 0 radical (unpaired) electrons. The molecule has 0 saturated carbocycles. The molecule has 0 spiro atoms. The van der Waals surface area contributed by atoms with Crippen molar-refractivity contribution in [3.63, 3.8) is 0 Å². The summed E-state index contributed by atoms with van der Waals surface area (Å²) in [6, 6.07) is 15.5. The fourth-order valence-corrected chi connectivity index (χ4v) is 3.92. The fraction of sp³-hybridized carbons (Fsp3) is 0.304. The molecular weight excluding hydrogens is 396 g/mol. The van der Waals surface area contributed by atoms with Gasteiger partial charge in [0.15, 0.2) is 11.5 Å². The summed E-state index contributed by atoms with van der Waals surface area (Å²) in [5, 5.41) is 7.20. The number of methoxy groups -OCH3 is 1. The number of rotatable bonds is 5. The van der Waals surface area contributed by atoms with Gasteiger partial charge in [0.25, 0.3) is 5.91 Å². The molecule has 3 heterocycles. The average Bonchev–Trinajstić information content (AvgIpc) is 3.49. The standard InChI is InChI=1S/C23H24N4O4/c1-29-18-5-3-17(4-6-18)19-13-20(25-24-19)23(28)27-10-8-26(9-11-27)14-16-2-7-21-22(12-16)31-15-30-21/h2-7,12-13H,8-11,14-15H2,1H3,(H,24,25). The lowest BCUT2D eigenvalue weighted by atomic mass is 10.1. The number of piperazine rings is 1. The molecule has 5 rings (SSSR count). The van der Waals surface area contributed by atoms with Crippen molar-refractivity contribution < 1.29 is 19.0 Å². The number of H-pyrrole nitrogens is 1. The molecule has 160 valence electrons. The van der Waals surface area contributed by atoms with Crippen LogP contribution < -0.4 is 14.2 Å². The van der Waals surface area contributed by atoms with Crippen LogP contribution in [0.2, 0.25) is 0 Å². The minimum absolute atomic E-state index is 0.0185. The highest BCUT2D eigenvalue weighted by Gasteiger charge is 2.24. The number of aromatic amines is 1. The first kappa shape index (κ1) is 19.4. The van der Waals surface area contributed by atoms with Gasteiger partial charge in [0.05, 0.1) is 12.8 Å². The third-order valence-electron chi connectivity index (χ3n) is 5.70. The van der Waals surface area contributed by atoms with E-state index in [1.54, 1.807) is 7.11 Å². The SMILES string of the molecule is COc1ccc(-c2cc(C(=O)N3CCN(Cc4ccc5c(c4)OCO5)CC3)[nH]n2)cc1. The largest absolute Gasteiger partial charge is 0.497 e. The molecule has 2 aromatic carbocycles. The minimum atomic E-state index is -0.0185. The van der Waals surface area contributed by atoms with E-state index in [0.717, 1.165) is 48.1 Å². The molecule has 3 aromatic rings. The zero-order chi connectivity index (χ0) is 21.2. The molecule has 1 N–H and O–H groups in total. The Bertz CT molecular complexity index is 1070. The van der Waals surface area contributed by atoms with Crippen LogP contribution in [-0.2, 0) is 6.54 Å². The van der Waals surface area contributed by atoms with Crippen LogP contribution in [0.5, 0.6) is 17.2 Å². The number of hydrogen-bond acceptors (Lipinski definition) is 6. The number of hydrogen-bond donors (Lipinski definition) is 1. The summed E-state index contributed by atoms with van der Waals surface area (Å²) >= 11 is 0. The molecule has 0 atom stereocenters. The van der Waals surface area contributed by atoms with Crippen molar-refractivity contribution >= 4 is 5.91 Å². The zero-order valence-electron chi connectivity index (χ0n) is 17.3. The third-order valence-corrected chi connectivity index (χ3v) is 5.70. The van der Waals surface area contributed by atoms with Crippen LogP contribution in [0.1, 0.15) is 16.1 Å². The van der Waals surface area contributed by atoms with Gasteiger partial charge in [-0.2, -0.15) is 5.10 Å². The van der Waals surface area contributed by atoms with Crippen LogP contribution >= 0.6 is 0 Å². The minimum Gasteiger partial charge on any atom is -0.497 e. The number of carbonyl (C=O) groups is 1. The second-order valence-electron chi connectivity index (χ2n) is 7.65. The van der Waals surface area contributed by atoms with E-state index in [-0.39, 0.29) is 12.7 Å². The van der Waals surface area contributed by atoms with E-state index in [2.05, 4.69) is 21.2 Å². The fourth-order valence-electron chi connectivity index (χ4n) is 3.92. The molecule has 8 nitrogen and oxygen atoms in total. The van der Waals surface area contributed by atoms with Crippen molar-refractivity contribution in [1.82, 2.24) is 20.0 Å². The van der Waals surface area contributed by atoms with Crippen molar-refractivity contribution in [2.45, 2.75) is 6.54 Å². The molecule has 0 aliphatic carbocycles. The van der Waals surface area contributed by atoms with Gasteiger partial charge in [-0.3, -0.25) is 14.8 Å². The molecule has 0 unspecified atom stereocenters. The molecule has 1 saturated heterocycles. The summed E-state index contributed by atoms with van der Waals surface area (Å²) in [7, 11) is 1.63. The highest BCUT2D eigenvalue weighted by molar-refractivity contribution is 5.93. The van der Waals surface area contributed by atoms with Crippen LogP contribution in [0, 0.1) is 0 Å². The molecule has 8 heteroatoms. The van der Waals surface area contributed by atoms with E-state index in [1.807, 2.05) is 47.4 Å². The molecule has 1 fully saturated rings. The van der Waals surface area contributed by atoms with Crippen molar-refractivity contribution in [3.8, 4) is 28.5 Å². The van der Waals surface area contributed by atoms with E-state index in [4.69, 9.17) is 14.2 Å². The Kier molecular flexibility index (Phi) is 5.21. The van der Waals surface area contributed by atoms with Gasteiger partial charge in [-0.25, -0.2) is 0 Å². The number of benzene rings is 2.